The van der Waals surface area contributed by atoms with E-state index in [9.17, 15) is 0 Å². The first-order valence-corrected chi connectivity index (χ1v) is 7.03. The summed E-state index contributed by atoms with van der Waals surface area (Å²) in [5.41, 5.74) is 1.64. The van der Waals surface area contributed by atoms with Crippen molar-refractivity contribution < 1.29 is 0 Å². The number of hydrogen-bond acceptors (Lipinski definition) is 2. The zero-order chi connectivity index (χ0) is 12.2. The van der Waals surface area contributed by atoms with Gasteiger partial charge in [-0.3, -0.25) is 5.10 Å². The zero-order valence-corrected chi connectivity index (χ0v) is 11.0. The first-order valence-electron chi connectivity index (χ1n) is 6.65. The van der Waals surface area contributed by atoms with Crippen LogP contribution in [0.15, 0.2) is 18.2 Å². The lowest BCUT2D eigenvalue weighted by Gasteiger charge is -2.33. The molecule has 0 atom stereocenters. The number of anilines is 1. The molecule has 2 fully saturated rings. The first-order chi connectivity index (χ1) is 8.77. The number of benzene rings is 1. The highest BCUT2D eigenvalue weighted by atomic mass is 35.5. The molecular formula is C14H16ClN3. The Hall–Kier alpha value is -1.22. The third-order valence-corrected chi connectivity index (χ3v) is 4.75. The molecule has 1 aromatic heterocycles. The van der Waals surface area contributed by atoms with Crippen LogP contribution in [0.2, 0.25) is 5.02 Å². The molecule has 1 N–H and O–H groups in total. The molecule has 18 heavy (non-hydrogen) atoms. The quantitative estimate of drug-likeness (QED) is 0.851. The number of hydrogen-bond donors (Lipinski definition) is 1. The Bertz CT molecular complexity index is 600. The topological polar surface area (TPSA) is 31.9 Å². The summed E-state index contributed by atoms with van der Waals surface area (Å²) in [7, 11) is 0. The van der Waals surface area contributed by atoms with Crippen molar-refractivity contribution in [1.82, 2.24) is 10.2 Å². The second-order valence-electron chi connectivity index (χ2n) is 5.73. The molecule has 0 bridgehead atoms. The van der Waals surface area contributed by atoms with Crippen LogP contribution in [-0.4, -0.2) is 23.3 Å². The first kappa shape index (κ1) is 10.7. The summed E-state index contributed by atoms with van der Waals surface area (Å²) < 4.78 is 0. The van der Waals surface area contributed by atoms with Crippen molar-refractivity contribution in [1.29, 1.82) is 0 Å². The SMILES string of the molecule is Clc1cccc2[nH]nc(N3CCCC4(CC4)C3)c12. The number of nitrogens with one attached hydrogen (secondary N) is 1. The predicted octanol–water partition coefficient (Wildman–Crippen LogP) is 3.60. The number of piperidine rings is 1. The van der Waals surface area contributed by atoms with E-state index in [2.05, 4.69) is 15.1 Å². The molecule has 0 unspecified atom stereocenters. The Labute approximate surface area is 111 Å². The summed E-state index contributed by atoms with van der Waals surface area (Å²) in [5, 5.41) is 9.47. The zero-order valence-electron chi connectivity index (χ0n) is 10.2. The van der Waals surface area contributed by atoms with E-state index in [1.807, 2.05) is 18.2 Å². The number of aromatic amines is 1. The number of halogens is 1. The number of H-pyrrole nitrogens is 1. The van der Waals surface area contributed by atoms with Crippen LogP contribution in [0.5, 0.6) is 0 Å². The summed E-state index contributed by atoms with van der Waals surface area (Å²) in [4.78, 5) is 2.42. The molecule has 2 heterocycles. The highest BCUT2D eigenvalue weighted by molar-refractivity contribution is 6.36. The van der Waals surface area contributed by atoms with Gasteiger partial charge in [-0.1, -0.05) is 17.7 Å². The summed E-state index contributed by atoms with van der Waals surface area (Å²) in [5.74, 6) is 1.04. The second-order valence-corrected chi connectivity index (χ2v) is 6.14. The average Bonchev–Trinajstić information content (AvgIpc) is 2.97. The van der Waals surface area contributed by atoms with Crippen LogP contribution in [0.25, 0.3) is 10.9 Å². The van der Waals surface area contributed by atoms with Gasteiger partial charge in [-0.2, -0.15) is 5.10 Å². The fraction of sp³-hybridized carbons (Fsp3) is 0.500. The molecule has 1 aliphatic carbocycles. The van der Waals surface area contributed by atoms with Crippen LogP contribution in [0.3, 0.4) is 0 Å². The molecule has 94 valence electrons. The van der Waals surface area contributed by atoms with Gasteiger partial charge in [0.05, 0.1) is 15.9 Å². The van der Waals surface area contributed by atoms with Crippen molar-refractivity contribution >= 4 is 28.3 Å². The van der Waals surface area contributed by atoms with E-state index in [0.717, 1.165) is 34.8 Å². The van der Waals surface area contributed by atoms with Crippen LogP contribution in [-0.2, 0) is 0 Å². The van der Waals surface area contributed by atoms with Gasteiger partial charge < -0.3 is 4.90 Å². The molecule has 1 aliphatic heterocycles. The number of aromatic nitrogens is 2. The minimum Gasteiger partial charge on any atom is -0.354 e. The van der Waals surface area contributed by atoms with E-state index < -0.39 is 0 Å². The van der Waals surface area contributed by atoms with Crippen LogP contribution >= 0.6 is 11.6 Å². The van der Waals surface area contributed by atoms with Crippen molar-refractivity contribution in [3.8, 4) is 0 Å². The van der Waals surface area contributed by atoms with Crippen molar-refractivity contribution in [3.63, 3.8) is 0 Å². The Morgan fingerprint density at radius 1 is 1.28 bits per heavy atom. The van der Waals surface area contributed by atoms with Crippen LogP contribution in [0, 0.1) is 5.41 Å². The summed E-state index contributed by atoms with van der Waals surface area (Å²) in [6.07, 6.45) is 5.44. The van der Waals surface area contributed by atoms with Gasteiger partial charge in [-0.15, -0.1) is 0 Å². The van der Waals surface area contributed by atoms with E-state index in [0.29, 0.717) is 5.41 Å². The van der Waals surface area contributed by atoms with Crippen molar-refractivity contribution in [2.24, 2.45) is 5.41 Å². The number of nitrogens with zero attached hydrogens (tertiary/aromatic N) is 2. The summed E-state index contributed by atoms with van der Waals surface area (Å²) in [6, 6.07) is 5.94. The van der Waals surface area contributed by atoms with Crippen molar-refractivity contribution in [2.45, 2.75) is 25.7 Å². The molecule has 1 aromatic carbocycles. The second kappa shape index (κ2) is 3.64. The third-order valence-electron chi connectivity index (χ3n) is 4.44. The smallest absolute Gasteiger partial charge is 0.159 e. The van der Waals surface area contributed by atoms with Gasteiger partial charge in [0.2, 0.25) is 0 Å². The maximum absolute atomic E-state index is 6.32. The van der Waals surface area contributed by atoms with Gasteiger partial charge in [0.25, 0.3) is 0 Å². The van der Waals surface area contributed by atoms with E-state index in [-0.39, 0.29) is 0 Å². The monoisotopic (exact) mass is 261 g/mol. The van der Waals surface area contributed by atoms with Crippen LogP contribution in [0.1, 0.15) is 25.7 Å². The van der Waals surface area contributed by atoms with E-state index >= 15 is 0 Å². The van der Waals surface area contributed by atoms with Crippen molar-refractivity contribution in [2.75, 3.05) is 18.0 Å². The minimum absolute atomic E-state index is 0.602. The summed E-state index contributed by atoms with van der Waals surface area (Å²) in [6.45, 7) is 2.26. The normalized spacial score (nSPS) is 21.7. The molecule has 1 saturated heterocycles. The van der Waals surface area contributed by atoms with Crippen LogP contribution in [0.4, 0.5) is 5.82 Å². The van der Waals surface area contributed by atoms with E-state index in [1.54, 1.807) is 0 Å². The van der Waals surface area contributed by atoms with Gasteiger partial charge in [0, 0.05) is 13.1 Å². The molecule has 4 rings (SSSR count). The van der Waals surface area contributed by atoms with Gasteiger partial charge in [0.1, 0.15) is 0 Å². The third kappa shape index (κ3) is 1.53. The minimum atomic E-state index is 0.602. The van der Waals surface area contributed by atoms with Crippen molar-refractivity contribution in [3.05, 3.63) is 23.2 Å². The maximum Gasteiger partial charge on any atom is 0.159 e. The van der Waals surface area contributed by atoms with E-state index in [4.69, 9.17) is 11.6 Å². The number of rotatable bonds is 1. The summed E-state index contributed by atoms with van der Waals surface area (Å²) >= 11 is 6.32. The largest absolute Gasteiger partial charge is 0.354 e. The molecule has 1 spiro atoms. The van der Waals surface area contributed by atoms with Gasteiger partial charge in [-0.25, -0.2) is 0 Å². The highest BCUT2D eigenvalue weighted by Crippen LogP contribution is 2.52. The molecule has 3 nitrogen and oxygen atoms in total. The van der Waals surface area contributed by atoms with Gasteiger partial charge in [0.15, 0.2) is 5.82 Å². The van der Waals surface area contributed by atoms with Crippen LogP contribution < -0.4 is 4.90 Å². The fourth-order valence-corrected chi connectivity index (χ4v) is 3.48. The maximum atomic E-state index is 6.32. The Kier molecular flexibility index (Phi) is 2.16. The standard InChI is InChI=1S/C14H16ClN3/c15-10-3-1-4-11-12(10)13(17-16-11)18-8-2-5-14(9-18)6-7-14/h1,3-4H,2,5-9H2,(H,16,17). The Morgan fingerprint density at radius 3 is 3.00 bits per heavy atom. The molecule has 0 amide bonds. The molecule has 1 saturated carbocycles. The Morgan fingerprint density at radius 2 is 2.17 bits per heavy atom. The lowest BCUT2D eigenvalue weighted by atomic mass is 9.95. The van der Waals surface area contributed by atoms with Gasteiger partial charge >= 0.3 is 0 Å². The Balaban J connectivity index is 1.77. The van der Waals surface area contributed by atoms with Gasteiger partial charge in [-0.05, 0) is 43.2 Å². The fourth-order valence-electron chi connectivity index (χ4n) is 3.22. The molecular weight excluding hydrogens is 246 g/mol. The average molecular weight is 262 g/mol. The molecule has 4 heteroatoms. The lowest BCUT2D eigenvalue weighted by Crippen LogP contribution is -2.36. The number of fused-ring (bicyclic) bond motifs is 1. The molecule has 0 radical (unpaired) electrons. The van der Waals surface area contributed by atoms with E-state index in [1.165, 1.54) is 25.7 Å². The molecule has 2 aromatic rings. The molecule has 2 aliphatic rings. The lowest BCUT2D eigenvalue weighted by molar-refractivity contribution is 0.394. The predicted molar refractivity (Wildman–Crippen MR) is 74.2 cm³/mol. The highest BCUT2D eigenvalue weighted by Gasteiger charge is 2.45.